The maximum atomic E-state index is 12.0. The number of aliphatic hydroxyl groups excluding tert-OH is 3. The van der Waals surface area contributed by atoms with E-state index in [0.29, 0.717) is 0 Å². The molecule has 0 unspecified atom stereocenters. The zero-order valence-electron chi connectivity index (χ0n) is 10.1. The summed E-state index contributed by atoms with van der Waals surface area (Å²) in [5, 5.41) is 29.5. The van der Waals surface area contributed by atoms with Gasteiger partial charge in [0.1, 0.15) is 10.6 Å². The fourth-order valence-corrected chi connectivity index (χ4v) is 2.93. The summed E-state index contributed by atoms with van der Waals surface area (Å²) in [5.74, 6) is -2.13. The minimum absolute atomic E-state index is 0.114. The number of carbonyl (C=O) groups excluding carboxylic acids is 1. The molecule has 0 bridgehead atoms. The maximum absolute atomic E-state index is 12.0. The average Bonchev–Trinajstić information content (AvgIpc) is 2.30. The molecule has 8 heteroatoms. The number of fused-ring (bicyclic) bond motifs is 1. The van der Waals surface area contributed by atoms with Gasteiger partial charge in [-0.2, -0.15) is 0 Å². The van der Waals surface area contributed by atoms with Crippen LogP contribution in [0.15, 0.2) is 11.3 Å². The number of aliphatic hydroxyl groups is 3. The molecule has 5 atom stereocenters. The molecule has 1 saturated heterocycles. The van der Waals surface area contributed by atoms with E-state index in [-0.39, 0.29) is 17.8 Å². The summed E-state index contributed by atoms with van der Waals surface area (Å²) in [4.78, 5) is 10.8. The zero-order chi connectivity index (χ0) is 14.5. The fourth-order valence-electron chi connectivity index (χ4n) is 2.55. The maximum Gasteiger partial charge on any atom is 0.338 e. The van der Waals surface area contributed by atoms with Crippen molar-refractivity contribution < 1.29 is 24.9 Å². The third-order valence-corrected chi connectivity index (χ3v) is 4.69. The lowest BCUT2D eigenvalue weighted by molar-refractivity contribution is -0.169. The minimum atomic E-state index is -1.41. The number of hydrogen-bond acceptors (Lipinski definition) is 6. The summed E-state index contributed by atoms with van der Waals surface area (Å²) in [6.45, 7) is 1.45. The first-order valence-corrected chi connectivity index (χ1v) is 6.62. The first kappa shape index (κ1) is 14.9. The molecule has 1 aliphatic heterocycles. The van der Waals surface area contributed by atoms with Crippen molar-refractivity contribution in [2.45, 2.75) is 42.0 Å². The fraction of sp³-hybridized carbons (Fsp3) is 0.727. The van der Waals surface area contributed by atoms with Crippen LogP contribution in [0, 0.1) is 5.92 Å². The molecule has 1 aliphatic carbocycles. The van der Waals surface area contributed by atoms with Gasteiger partial charge in [-0.3, -0.25) is 0 Å². The molecule has 5 N–H and O–H groups in total. The molecule has 0 radical (unpaired) electrons. The number of alkyl halides is 2. The van der Waals surface area contributed by atoms with Crippen LogP contribution in [0.5, 0.6) is 0 Å². The highest BCUT2D eigenvalue weighted by molar-refractivity contribution is 6.45. The van der Waals surface area contributed by atoms with Crippen molar-refractivity contribution in [1.82, 2.24) is 0 Å². The molecule has 0 spiro atoms. The number of halogens is 2. The lowest BCUT2D eigenvalue weighted by Crippen LogP contribution is -2.65. The molecule has 2 rings (SSSR count). The Hall–Kier alpha value is -0.530. The third-order valence-electron chi connectivity index (χ3n) is 3.82. The Balaban J connectivity index is 2.50. The monoisotopic (exact) mass is 311 g/mol. The van der Waals surface area contributed by atoms with Gasteiger partial charge in [-0.25, -0.2) is 4.79 Å². The molecular formula is C11H15Cl2NO5. The smallest absolute Gasteiger partial charge is 0.338 e. The van der Waals surface area contributed by atoms with E-state index in [0.717, 1.165) is 0 Å². The van der Waals surface area contributed by atoms with Crippen molar-refractivity contribution >= 4 is 29.2 Å². The highest BCUT2D eigenvalue weighted by atomic mass is 35.5. The molecular weight excluding hydrogens is 297 g/mol. The van der Waals surface area contributed by atoms with Crippen molar-refractivity contribution in [3.8, 4) is 0 Å². The number of carbonyl (C=O) groups is 1. The van der Waals surface area contributed by atoms with Crippen LogP contribution in [0.4, 0.5) is 0 Å². The van der Waals surface area contributed by atoms with Gasteiger partial charge in [-0.05, 0) is 6.92 Å². The first-order valence-electron chi connectivity index (χ1n) is 5.75. The Morgan fingerprint density at radius 3 is 2.58 bits per heavy atom. The molecule has 0 aromatic carbocycles. The summed E-state index contributed by atoms with van der Waals surface area (Å²) >= 11 is 11.6. The molecule has 1 fully saturated rings. The second kappa shape index (κ2) is 4.79. The molecule has 19 heavy (non-hydrogen) atoms. The minimum Gasteiger partial charge on any atom is -0.512 e. The van der Waals surface area contributed by atoms with E-state index < -0.39 is 40.6 Å². The zero-order valence-corrected chi connectivity index (χ0v) is 11.6. The van der Waals surface area contributed by atoms with E-state index in [1.54, 1.807) is 0 Å². The standard InChI is InChI=1S/C11H15Cl2NO5/c1-11(10(12)13)8(14)6-5(9(18)19-11)3(15)2-4(16)7(6)17/h4,6-8,10,15-17H,2,14H2,1H3/t4-,6+,7+,8-,11+/m1/s1. The summed E-state index contributed by atoms with van der Waals surface area (Å²) in [6, 6.07) is -0.952. The van der Waals surface area contributed by atoms with Crippen molar-refractivity contribution in [2.75, 3.05) is 0 Å². The van der Waals surface area contributed by atoms with Crippen LogP contribution in [-0.2, 0) is 9.53 Å². The van der Waals surface area contributed by atoms with Crippen molar-refractivity contribution in [3.63, 3.8) is 0 Å². The largest absolute Gasteiger partial charge is 0.512 e. The number of esters is 1. The predicted octanol–water partition coefficient (Wildman–Crippen LogP) is -0.0133. The summed E-state index contributed by atoms with van der Waals surface area (Å²) in [7, 11) is 0. The Morgan fingerprint density at radius 2 is 2.05 bits per heavy atom. The van der Waals surface area contributed by atoms with E-state index in [9.17, 15) is 20.1 Å². The number of nitrogens with two attached hydrogens (primary N) is 1. The predicted molar refractivity (Wildman–Crippen MR) is 67.7 cm³/mol. The highest BCUT2D eigenvalue weighted by Crippen LogP contribution is 2.43. The first-order chi connectivity index (χ1) is 8.70. The Bertz CT molecular complexity index is 441. The van der Waals surface area contributed by atoms with Crippen LogP contribution in [0.2, 0.25) is 0 Å². The molecule has 108 valence electrons. The summed E-state index contributed by atoms with van der Waals surface area (Å²) in [5.41, 5.74) is 4.46. The quantitative estimate of drug-likeness (QED) is 0.400. The molecule has 1 heterocycles. The number of ether oxygens (including phenoxy) is 1. The second-order valence-corrected chi connectivity index (χ2v) is 6.14. The van der Waals surface area contributed by atoms with Gasteiger partial charge < -0.3 is 25.8 Å². The second-order valence-electron chi connectivity index (χ2n) is 5.05. The topological polar surface area (TPSA) is 113 Å². The van der Waals surface area contributed by atoms with Crippen LogP contribution in [0.3, 0.4) is 0 Å². The van der Waals surface area contributed by atoms with E-state index >= 15 is 0 Å². The van der Waals surface area contributed by atoms with E-state index in [4.69, 9.17) is 33.7 Å². The number of hydrogen-bond donors (Lipinski definition) is 4. The van der Waals surface area contributed by atoms with Gasteiger partial charge in [0, 0.05) is 12.3 Å². The van der Waals surface area contributed by atoms with Crippen molar-refractivity contribution in [2.24, 2.45) is 11.7 Å². The summed E-state index contributed by atoms with van der Waals surface area (Å²) in [6.07, 6.45) is -2.73. The molecule has 0 amide bonds. The SMILES string of the molecule is C[C@]1(C(Cl)Cl)OC(=O)C2=C(O)C[C@@H](O)[C@H](O)[C@H]2[C@H]1N. The Kier molecular flexibility index (Phi) is 3.75. The lowest BCUT2D eigenvalue weighted by Gasteiger charge is -2.48. The molecule has 6 nitrogen and oxygen atoms in total. The van der Waals surface area contributed by atoms with Gasteiger partial charge in [-0.1, -0.05) is 0 Å². The van der Waals surface area contributed by atoms with Gasteiger partial charge in [0.2, 0.25) is 0 Å². The van der Waals surface area contributed by atoms with Crippen LogP contribution >= 0.6 is 23.2 Å². The lowest BCUT2D eigenvalue weighted by atomic mass is 9.71. The van der Waals surface area contributed by atoms with Gasteiger partial charge in [0.15, 0.2) is 5.60 Å². The van der Waals surface area contributed by atoms with E-state index in [2.05, 4.69) is 0 Å². The average molecular weight is 312 g/mol. The van der Waals surface area contributed by atoms with Crippen LogP contribution in [0.25, 0.3) is 0 Å². The van der Waals surface area contributed by atoms with Crippen LogP contribution in [-0.4, -0.2) is 50.0 Å². The van der Waals surface area contributed by atoms with Crippen LogP contribution in [0.1, 0.15) is 13.3 Å². The van der Waals surface area contributed by atoms with Crippen LogP contribution < -0.4 is 5.73 Å². The van der Waals surface area contributed by atoms with Crippen molar-refractivity contribution in [1.29, 1.82) is 0 Å². The van der Waals surface area contributed by atoms with Crippen molar-refractivity contribution in [3.05, 3.63) is 11.3 Å². The van der Waals surface area contributed by atoms with Gasteiger partial charge >= 0.3 is 5.97 Å². The summed E-state index contributed by atoms with van der Waals surface area (Å²) < 4.78 is 5.13. The molecule has 0 aromatic rings. The number of cyclic esters (lactones) is 1. The van der Waals surface area contributed by atoms with Gasteiger partial charge in [0.05, 0.1) is 23.8 Å². The van der Waals surface area contributed by atoms with Gasteiger partial charge in [-0.15, -0.1) is 23.2 Å². The van der Waals surface area contributed by atoms with E-state index in [1.165, 1.54) is 6.92 Å². The molecule has 0 saturated carbocycles. The van der Waals surface area contributed by atoms with E-state index in [1.807, 2.05) is 0 Å². The Labute approximate surface area is 119 Å². The molecule has 0 aromatic heterocycles. The van der Waals surface area contributed by atoms with Gasteiger partial charge in [0.25, 0.3) is 0 Å². The highest BCUT2D eigenvalue weighted by Gasteiger charge is 2.57. The normalized spacial score (nSPS) is 43.2. The Morgan fingerprint density at radius 1 is 1.47 bits per heavy atom. The molecule has 2 aliphatic rings. The number of rotatable bonds is 1. The third kappa shape index (κ3) is 2.11.